The predicted octanol–water partition coefficient (Wildman–Crippen LogP) is 2.75. The first-order chi connectivity index (χ1) is 6.16. The van der Waals surface area contributed by atoms with Crippen molar-refractivity contribution in [3.63, 3.8) is 0 Å². The van der Waals surface area contributed by atoms with Crippen LogP contribution in [0.3, 0.4) is 0 Å². The zero-order valence-electron chi connectivity index (χ0n) is 8.10. The highest BCUT2D eigenvalue weighted by atomic mass is 79.9. The molecular formula is C11H14BrN. The second kappa shape index (κ2) is 3.43. The van der Waals surface area contributed by atoms with Crippen molar-refractivity contribution in [1.82, 2.24) is 4.90 Å². The van der Waals surface area contributed by atoms with Crippen LogP contribution in [-0.2, 0) is 13.0 Å². The van der Waals surface area contributed by atoms with Gasteiger partial charge in [-0.1, -0.05) is 22.0 Å². The molecule has 0 aromatic heterocycles. The van der Waals surface area contributed by atoms with Crippen LogP contribution in [0.15, 0.2) is 16.6 Å². The number of hydrogen-bond acceptors (Lipinski definition) is 1. The summed E-state index contributed by atoms with van der Waals surface area (Å²) in [4.78, 5) is 2.37. The maximum Gasteiger partial charge on any atom is 0.0234 e. The lowest BCUT2D eigenvalue weighted by Gasteiger charge is -2.26. The van der Waals surface area contributed by atoms with Gasteiger partial charge in [0.05, 0.1) is 0 Å². The molecule has 2 rings (SSSR count). The summed E-state index contributed by atoms with van der Waals surface area (Å²) in [7, 11) is 2.18. The van der Waals surface area contributed by atoms with Gasteiger partial charge in [-0.25, -0.2) is 0 Å². The van der Waals surface area contributed by atoms with Crippen LogP contribution in [-0.4, -0.2) is 18.5 Å². The zero-order chi connectivity index (χ0) is 9.42. The van der Waals surface area contributed by atoms with Crippen molar-refractivity contribution >= 4 is 15.9 Å². The molecule has 1 aromatic carbocycles. The van der Waals surface area contributed by atoms with Crippen LogP contribution in [0.2, 0.25) is 0 Å². The number of likely N-dealkylation sites (N-methyl/N-ethyl adjacent to an activating group) is 1. The van der Waals surface area contributed by atoms with E-state index in [1.807, 2.05) is 0 Å². The van der Waals surface area contributed by atoms with Gasteiger partial charge in [0.15, 0.2) is 0 Å². The lowest BCUT2D eigenvalue weighted by atomic mass is 9.98. The number of fused-ring (bicyclic) bond motifs is 1. The molecule has 0 amide bonds. The van der Waals surface area contributed by atoms with Crippen molar-refractivity contribution in [1.29, 1.82) is 0 Å². The van der Waals surface area contributed by atoms with Crippen LogP contribution < -0.4 is 0 Å². The van der Waals surface area contributed by atoms with Gasteiger partial charge in [0.1, 0.15) is 0 Å². The average Bonchev–Trinajstić information content (AvgIpc) is 2.02. The fourth-order valence-electron chi connectivity index (χ4n) is 1.94. The Balaban J connectivity index is 2.47. The van der Waals surface area contributed by atoms with Gasteiger partial charge in [0.2, 0.25) is 0 Å². The van der Waals surface area contributed by atoms with Crippen LogP contribution in [0.1, 0.15) is 16.7 Å². The molecule has 1 aliphatic heterocycles. The van der Waals surface area contributed by atoms with Gasteiger partial charge in [0, 0.05) is 17.6 Å². The van der Waals surface area contributed by atoms with Gasteiger partial charge in [-0.05, 0) is 43.1 Å². The molecule has 0 spiro atoms. The molecule has 0 saturated carbocycles. The molecule has 1 nitrogen and oxygen atoms in total. The minimum Gasteiger partial charge on any atom is -0.302 e. The van der Waals surface area contributed by atoms with Crippen LogP contribution in [0.4, 0.5) is 0 Å². The normalized spacial score (nSPS) is 17.2. The Bertz CT molecular complexity index is 333. The van der Waals surface area contributed by atoms with Crippen molar-refractivity contribution < 1.29 is 0 Å². The van der Waals surface area contributed by atoms with E-state index < -0.39 is 0 Å². The summed E-state index contributed by atoms with van der Waals surface area (Å²) in [6.07, 6.45) is 1.17. The van der Waals surface area contributed by atoms with E-state index >= 15 is 0 Å². The van der Waals surface area contributed by atoms with E-state index in [4.69, 9.17) is 0 Å². The molecule has 0 N–H and O–H groups in total. The van der Waals surface area contributed by atoms with Crippen LogP contribution >= 0.6 is 15.9 Å². The number of hydrogen-bond donors (Lipinski definition) is 0. The molecule has 0 aliphatic carbocycles. The summed E-state index contributed by atoms with van der Waals surface area (Å²) >= 11 is 3.63. The summed E-state index contributed by atoms with van der Waals surface area (Å²) in [5.74, 6) is 0. The molecule has 1 aromatic rings. The molecule has 0 radical (unpaired) electrons. The Morgan fingerprint density at radius 3 is 2.92 bits per heavy atom. The molecule has 0 fully saturated rings. The zero-order valence-corrected chi connectivity index (χ0v) is 9.69. The molecule has 2 heteroatoms. The van der Waals surface area contributed by atoms with Gasteiger partial charge in [-0.2, -0.15) is 0 Å². The van der Waals surface area contributed by atoms with E-state index in [0.29, 0.717) is 0 Å². The second-order valence-electron chi connectivity index (χ2n) is 3.87. The van der Waals surface area contributed by atoms with Gasteiger partial charge >= 0.3 is 0 Å². The van der Waals surface area contributed by atoms with Crippen molar-refractivity contribution in [3.8, 4) is 0 Å². The number of aryl methyl sites for hydroxylation is 1. The molecule has 0 atom stereocenters. The standard InChI is InChI=1S/C11H14BrN/c1-8-5-9-7-13(2)4-3-10(9)11(12)6-8/h5-6H,3-4,7H2,1-2H3. The highest BCUT2D eigenvalue weighted by Crippen LogP contribution is 2.27. The Morgan fingerprint density at radius 1 is 1.38 bits per heavy atom. The molecule has 1 aliphatic rings. The Hall–Kier alpha value is -0.340. The third-order valence-electron chi connectivity index (χ3n) is 2.62. The van der Waals surface area contributed by atoms with E-state index in [1.54, 1.807) is 0 Å². The van der Waals surface area contributed by atoms with Crippen molar-refractivity contribution in [3.05, 3.63) is 33.3 Å². The fourth-order valence-corrected chi connectivity index (χ4v) is 2.75. The van der Waals surface area contributed by atoms with Crippen molar-refractivity contribution in [2.75, 3.05) is 13.6 Å². The van der Waals surface area contributed by atoms with Crippen LogP contribution in [0, 0.1) is 6.92 Å². The quantitative estimate of drug-likeness (QED) is 0.674. The lowest BCUT2D eigenvalue weighted by molar-refractivity contribution is 0.312. The Morgan fingerprint density at radius 2 is 2.15 bits per heavy atom. The minimum atomic E-state index is 1.09. The number of halogens is 1. The van der Waals surface area contributed by atoms with E-state index in [9.17, 15) is 0 Å². The summed E-state index contributed by atoms with van der Waals surface area (Å²) in [6, 6.07) is 4.51. The summed E-state index contributed by atoms with van der Waals surface area (Å²) in [6.45, 7) is 4.42. The van der Waals surface area contributed by atoms with E-state index in [-0.39, 0.29) is 0 Å². The molecule has 0 unspecified atom stereocenters. The maximum absolute atomic E-state index is 3.63. The molecule has 0 saturated heterocycles. The Kier molecular flexibility index (Phi) is 2.43. The third-order valence-corrected chi connectivity index (χ3v) is 3.32. The molecule has 0 bridgehead atoms. The molecular weight excluding hydrogens is 226 g/mol. The smallest absolute Gasteiger partial charge is 0.0234 e. The lowest BCUT2D eigenvalue weighted by Crippen LogP contribution is -2.26. The first kappa shape index (κ1) is 9.22. The topological polar surface area (TPSA) is 3.24 Å². The summed E-state index contributed by atoms with van der Waals surface area (Å²) in [5, 5.41) is 0. The minimum absolute atomic E-state index is 1.09. The monoisotopic (exact) mass is 239 g/mol. The highest BCUT2D eigenvalue weighted by molar-refractivity contribution is 9.10. The average molecular weight is 240 g/mol. The van der Waals surface area contributed by atoms with E-state index in [0.717, 1.165) is 6.54 Å². The summed E-state index contributed by atoms with van der Waals surface area (Å²) < 4.78 is 1.29. The van der Waals surface area contributed by atoms with Gasteiger partial charge < -0.3 is 4.90 Å². The first-order valence-corrected chi connectivity index (χ1v) is 5.42. The van der Waals surface area contributed by atoms with Crippen molar-refractivity contribution in [2.24, 2.45) is 0 Å². The van der Waals surface area contributed by atoms with Crippen molar-refractivity contribution in [2.45, 2.75) is 19.9 Å². The maximum atomic E-state index is 3.63. The fraction of sp³-hybridized carbons (Fsp3) is 0.455. The highest BCUT2D eigenvalue weighted by Gasteiger charge is 2.15. The molecule has 1 heterocycles. The van der Waals surface area contributed by atoms with Crippen LogP contribution in [0.25, 0.3) is 0 Å². The van der Waals surface area contributed by atoms with E-state index in [1.165, 1.54) is 34.1 Å². The van der Waals surface area contributed by atoms with Gasteiger partial charge in [-0.15, -0.1) is 0 Å². The molecule has 13 heavy (non-hydrogen) atoms. The number of nitrogens with zero attached hydrogens (tertiary/aromatic N) is 1. The van der Waals surface area contributed by atoms with Crippen LogP contribution in [0.5, 0.6) is 0 Å². The first-order valence-electron chi connectivity index (χ1n) is 4.63. The SMILES string of the molecule is Cc1cc(Br)c2c(c1)CN(C)CC2. The number of rotatable bonds is 0. The van der Waals surface area contributed by atoms with Gasteiger partial charge in [-0.3, -0.25) is 0 Å². The third kappa shape index (κ3) is 1.79. The Labute approximate surface area is 87.9 Å². The number of benzene rings is 1. The predicted molar refractivity (Wildman–Crippen MR) is 58.9 cm³/mol. The van der Waals surface area contributed by atoms with Gasteiger partial charge in [0.25, 0.3) is 0 Å². The van der Waals surface area contributed by atoms with E-state index in [2.05, 4.69) is 46.9 Å². The second-order valence-corrected chi connectivity index (χ2v) is 4.73. The molecule has 70 valence electrons. The largest absolute Gasteiger partial charge is 0.302 e. The summed E-state index contributed by atoms with van der Waals surface area (Å²) in [5.41, 5.74) is 4.34.